The van der Waals surface area contributed by atoms with Crippen LogP contribution >= 0.6 is 15.9 Å². The van der Waals surface area contributed by atoms with Crippen LogP contribution in [0.5, 0.6) is 5.75 Å². The minimum absolute atomic E-state index is 0.0226. The molecule has 0 bridgehead atoms. The third-order valence-corrected chi connectivity index (χ3v) is 3.50. The summed E-state index contributed by atoms with van der Waals surface area (Å²) in [4.78, 5) is 11.3. The first kappa shape index (κ1) is 17.0. The average molecular weight is 343 g/mol. The summed E-state index contributed by atoms with van der Waals surface area (Å²) in [7, 11) is 0. The summed E-state index contributed by atoms with van der Waals surface area (Å²) in [5.74, 6) is 0.820. The molecule has 0 spiro atoms. The highest BCUT2D eigenvalue weighted by Gasteiger charge is 2.04. The number of rotatable bonds is 9. The van der Waals surface area contributed by atoms with Crippen LogP contribution in [0.15, 0.2) is 22.7 Å². The maximum absolute atomic E-state index is 11.3. The highest BCUT2D eigenvalue weighted by Crippen LogP contribution is 2.22. The Morgan fingerprint density at radius 2 is 2.15 bits per heavy atom. The van der Waals surface area contributed by atoms with E-state index in [1.165, 1.54) is 0 Å². The van der Waals surface area contributed by atoms with Crippen LogP contribution in [0.3, 0.4) is 0 Å². The molecule has 4 nitrogen and oxygen atoms in total. The number of carbonyl (C=O) groups is 1. The zero-order valence-electron chi connectivity index (χ0n) is 12.2. The molecule has 112 valence electrons. The molecule has 0 saturated carbocycles. The van der Waals surface area contributed by atoms with Gasteiger partial charge in [0.2, 0.25) is 5.91 Å². The number of carbonyl (C=O) groups excluding carboxylic acids is 1. The van der Waals surface area contributed by atoms with Gasteiger partial charge in [-0.2, -0.15) is 0 Å². The van der Waals surface area contributed by atoms with E-state index in [2.05, 4.69) is 33.5 Å². The van der Waals surface area contributed by atoms with Gasteiger partial charge in [0.15, 0.2) is 0 Å². The maximum Gasteiger partial charge on any atom is 0.223 e. The van der Waals surface area contributed by atoms with Gasteiger partial charge in [-0.3, -0.25) is 4.79 Å². The quantitative estimate of drug-likeness (QED) is 0.678. The normalized spacial score (nSPS) is 10.3. The fourth-order valence-electron chi connectivity index (χ4n) is 1.72. The minimum atomic E-state index is 0.0226. The van der Waals surface area contributed by atoms with Crippen molar-refractivity contribution in [2.75, 3.05) is 19.7 Å². The first-order valence-electron chi connectivity index (χ1n) is 7.06. The van der Waals surface area contributed by atoms with Crippen molar-refractivity contribution in [3.63, 3.8) is 0 Å². The Hall–Kier alpha value is -1.07. The molecule has 0 radical (unpaired) electrons. The number of halogens is 1. The van der Waals surface area contributed by atoms with Crippen LogP contribution in [-0.4, -0.2) is 25.6 Å². The number of hydrogen-bond donors (Lipinski definition) is 2. The Morgan fingerprint density at radius 3 is 2.85 bits per heavy atom. The second-order valence-electron chi connectivity index (χ2n) is 4.48. The largest absolute Gasteiger partial charge is 0.493 e. The molecular weight excluding hydrogens is 320 g/mol. The van der Waals surface area contributed by atoms with E-state index in [1.54, 1.807) is 0 Å². The molecule has 0 atom stereocenters. The van der Waals surface area contributed by atoms with Crippen molar-refractivity contribution in [2.24, 2.45) is 0 Å². The number of nitrogens with one attached hydrogen (secondary N) is 2. The summed E-state index contributed by atoms with van der Waals surface area (Å²) in [5, 5.41) is 6.11. The summed E-state index contributed by atoms with van der Waals surface area (Å²) in [6.07, 6.45) is 1.49. The molecule has 0 aromatic heterocycles. The van der Waals surface area contributed by atoms with Crippen molar-refractivity contribution in [1.82, 2.24) is 10.6 Å². The van der Waals surface area contributed by atoms with Gasteiger partial charge in [-0.05, 0) is 43.7 Å². The van der Waals surface area contributed by atoms with E-state index in [9.17, 15) is 4.79 Å². The molecule has 1 rings (SSSR count). The smallest absolute Gasteiger partial charge is 0.223 e. The van der Waals surface area contributed by atoms with Gasteiger partial charge in [-0.25, -0.2) is 0 Å². The summed E-state index contributed by atoms with van der Waals surface area (Å²) in [5.41, 5.74) is 1.16. The lowest BCUT2D eigenvalue weighted by molar-refractivity contribution is -0.121. The Kier molecular flexibility index (Phi) is 8.30. The predicted molar refractivity (Wildman–Crippen MR) is 84.9 cm³/mol. The first-order valence-corrected chi connectivity index (χ1v) is 7.85. The molecule has 2 N–H and O–H groups in total. The van der Waals surface area contributed by atoms with Gasteiger partial charge in [0.1, 0.15) is 5.75 Å². The van der Waals surface area contributed by atoms with Crippen molar-refractivity contribution in [1.29, 1.82) is 0 Å². The third kappa shape index (κ3) is 6.39. The average Bonchev–Trinajstić information content (AvgIpc) is 2.42. The van der Waals surface area contributed by atoms with Gasteiger partial charge >= 0.3 is 0 Å². The van der Waals surface area contributed by atoms with E-state index in [1.807, 2.05) is 25.1 Å². The van der Waals surface area contributed by atoms with Crippen LogP contribution in [0.4, 0.5) is 0 Å². The van der Waals surface area contributed by atoms with Crippen LogP contribution in [-0.2, 0) is 11.3 Å². The molecule has 0 heterocycles. The number of hydrogen-bond acceptors (Lipinski definition) is 3. The Balaban J connectivity index is 2.45. The molecule has 0 aliphatic heterocycles. The van der Waals surface area contributed by atoms with Gasteiger partial charge in [0, 0.05) is 17.6 Å². The minimum Gasteiger partial charge on any atom is -0.493 e. The molecule has 1 amide bonds. The summed E-state index contributed by atoms with van der Waals surface area (Å²) in [6.45, 7) is 6.91. The Bertz CT molecular complexity index is 424. The highest BCUT2D eigenvalue weighted by molar-refractivity contribution is 9.10. The van der Waals surface area contributed by atoms with E-state index in [0.29, 0.717) is 19.6 Å². The predicted octanol–water partition coefficient (Wildman–Crippen LogP) is 2.85. The van der Waals surface area contributed by atoms with E-state index in [-0.39, 0.29) is 5.91 Å². The van der Waals surface area contributed by atoms with Crippen LogP contribution in [0.1, 0.15) is 32.3 Å². The number of benzene rings is 1. The zero-order chi connectivity index (χ0) is 14.8. The van der Waals surface area contributed by atoms with Crippen LogP contribution in [0.2, 0.25) is 0 Å². The molecule has 0 aliphatic carbocycles. The lowest BCUT2D eigenvalue weighted by atomic mass is 10.2. The van der Waals surface area contributed by atoms with Gasteiger partial charge in [-0.1, -0.05) is 22.9 Å². The summed E-state index contributed by atoms with van der Waals surface area (Å²) < 4.78 is 6.68. The molecule has 1 aromatic carbocycles. The Morgan fingerprint density at radius 1 is 1.35 bits per heavy atom. The molecule has 0 unspecified atom stereocenters. The second-order valence-corrected chi connectivity index (χ2v) is 5.34. The fourth-order valence-corrected chi connectivity index (χ4v) is 2.11. The third-order valence-electron chi connectivity index (χ3n) is 2.73. The van der Waals surface area contributed by atoms with Crippen LogP contribution in [0, 0.1) is 0 Å². The highest BCUT2D eigenvalue weighted by atomic mass is 79.9. The van der Waals surface area contributed by atoms with E-state index in [0.717, 1.165) is 35.3 Å². The monoisotopic (exact) mass is 342 g/mol. The van der Waals surface area contributed by atoms with Crippen molar-refractivity contribution in [3.8, 4) is 5.75 Å². The number of ether oxygens (including phenoxy) is 1. The summed E-state index contributed by atoms with van der Waals surface area (Å²) >= 11 is 3.53. The first-order chi connectivity index (χ1) is 9.67. The van der Waals surface area contributed by atoms with Gasteiger partial charge < -0.3 is 15.4 Å². The van der Waals surface area contributed by atoms with Gasteiger partial charge in [0.05, 0.1) is 13.0 Å². The standard InChI is InChI=1S/C15H23BrN2O2/c1-3-8-17-11-12-10-13(5-6-14(12)16)20-9-7-15(19)18-4-2/h5-6,10,17H,3-4,7-9,11H2,1-2H3,(H,18,19). The van der Waals surface area contributed by atoms with Crippen molar-refractivity contribution in [2.45, 2.75) is 33.2 Å². The number of amides is 1. The molecule has 5 heteroatoms. The Labute approximate surface area is 129 Å². The SMILES string of the molecule is CCCNCc1cc(OCCC(=O)NCC)ccc1Br. The lowest BCUT2D eigenvalue weighted by Crippen LogP contribution is -2.24. The second kappa shape index (κ2) is 9.77. The van der Waals surface area contributed by atoms with Crippen LogP contribution in [0.25, 0.3) is 0 Å². The summed E-state index contributed by atoms with van der Waals surface area (Å²) in [6, 6.07) is 5.89. The zero-order valence-corrected chi connectivity index (χ0v) is 13.8. The van der Waals surface area contributed by atoms with E-state index in [4.69, 9.17) is 4.74 Å². The van der Waals surface area contributed by atoms with Crippen molar-refractivity contribution >= 4 is 21.8 Å². The molecule has 0 saturated heterocycles. The molecule has 20 heavy (non-hydrogen) atoms. The topological polar surface area (TPSA) is 50.4 Å². The van der Waals surface area contributed by atoms with E-state index < -0.39 is 0 Å². The van der Waals surface area contributed by atoms with Crippen molar-refractivity contribution < 1.29 is 9.53 Å². The van der Waals surface area contributed by atoms with E-state index >= 15 is 0 Å². The molecular formula is C15H23BrN2O2. The molecule has 0 aliphatic rings. The lowest BCUT2D eigenvalue weighted by Gasteiger charge is -2.10. The molecule has 0 fully saturated rings. The van der Waals surface area contributed by atoms with Crippen molar-refractivity contribution in [3.05, 3.63) is 28.2 Å². The van der Waals surface area contributed by atoms with Gasteiger partial charge in [0.25, 0.3) is 0 Å². The van der Waals surface area contributed by atoms with Crippen LogP contribution < -0.4 is 15.4 Å². The van der Waals surface area contributed by atoms with Gasteiger partial charge in [-0.15, -0.1) is 0 Å². The molecule has 1 aromatic rings. The fraction of sp³-hybridized carbons (Fsp3) is 0.533. The maximum atomic E-state index is 11.3.